The van der Waals surface area contributed by atoms with Gasteiger partial charge in [0.05, 0.1) is 0 Å². The fourth-order valence-corrected chi connectivity index (χ4v) is 4.29. The average molecular weight is 454 g/mol. The molecule has 0 bridgehead atoms. The number of aryl methyl sites for hydroxylation is 4. The predicted molar refractivity (Wildman–Crippen MR) is 95.7 cm³/mol. The summed E-state index contributed by atoms with van der Waals surface area (Å²) in [6.07, 6.45) is 0. The van der Waals surface area contributed by atoms with Crippen LogP contribution in [0.25, 0.3) is 0 Å². The van der Waals surface area contributed by atoms with Gasteiger partial charge in [0.1, 0.15) is 11.5 Å². The molecule has 0 atom stereocenters. The summed E-state index contributed by atoms with van der Waals surface area (Å²) in [6, 6.07) is 2.72. The van der Waals surface area contributed by atoms with Crippen LogP contribution in [0.5, 0.6) is 11.5 Å². The quantitative estimate of drug-likeness (QED) is 0.533. The van der Waals surface area contributed by atoms with Crippen LogP contribution in [0.3, 0.4) is 0 Å². The predicted octanol–water partition coefficient (Wildman–Crippen LogP) is 6.17. The number of phenols is 2. The largest absolute Gasteiger partial charge is 0.508 e. The summed E-state index contributed by atoms with van der Waals surface area (Å²) < 4.78 is 119. The Morgan fingerprint density at radius 3 is 1.06 bits per heavy atom. The van der Waals surface area contributed by atoms with Gasteiger partial charge in [-0.25, -0.2) is 0 Å². The van der Waals surface area contributed by atoms with Crippen molar-refractivity contribution < 1.29 is 45.3 Å². The third kappa shape index (κ3) is 2.39. The fourth-order valence-electron chi connectivity index (χ4n) is 4.29. The van der Waals surface area contributed by atoms with Gasteiger partial charge < -0.3 is 10.2 Å². The summed E-state index contributed by atoms with van der Waals surface area (Å²) >= 11 is 0. The zero-order valence-electron chi connectivity index (χ0n) is 16.7. The van der Waals surface area contributed by atoms with Gasteiger partial charge in [0.25, 0.3) is 0 Å². The molecule has 0 heterocycles. The summed E-state index contributed by atoms with van der Waals surface area (Å²) in [7, 11) is 0. The molecule has 2 N–H and O–H groups in total. The maximum Gasteiger partial charge on any atom is 0.379 e. The van der Waals surface area contributed by atoms with Crippen LogP contribution < -0.4 is 0 Å². The highest BCUT2D eigenvalue weighted by atomic mass is 19.4. The van der Waals surface area contributed by atoms with Gasteiger partial charge >= 0.3 is 23.7 Å². The van der Waals surface area contributed by atoms with E-state index < -0.39 is 62.9 Å². The Balaban J connectivity index is 2.67. The van der Waals surface area contributed by atoms with E-state index in [0.29, 0.717) is 12.1 Å². The maximum atomic E-state index is 15.4. The average Bonchev–Trinajstić information content (AvgIpc) is 2.68. The normalized spacial score (nSPS) is 22.5. The molecule has 2 nitrogen and oxygen atoms in total. The van der Waals surface area contributed by atoms with Crippen molar-refractivity contribution in [3.05, 3.63) is 57.6 Å². The van der Waals surface area contributed by atoms with Crippen LogP contribution in [0.15, 0.2) is 24.3 Å². The van der Waals surface area contributed by atoms with E-state index in [9.17, 15) is 27.8 Å². The van der Waals surface area contributed by atoms with Gasteiger partial charge in [0.15, 0.2) is 5.41 Å². The number of hydrogen-bond donors (Lipinski definition) is 2. The smallest absolute Gasteiger partial charge is 0.379 e. The molecule has 0 aromatic heterocycles. The first-order valence-electron chi connectivity index (χ1n) is 9.02. The number of rotatable bonds is 2. The van der Waals surface area contributed by atoms with Gasteiger partial charge in [-0.05, 0) is 73.2 Å². The highest BCUT2D eigenvalue weighted by molar-refractivity contribution is 5.60. The van der Waals surface area contributed by atoms with Crippen LogP contribution in [-0.2, 0) is 5.41 Å². The first-order valence-corrected chi connectivity index (χ1v) is 9.02. The van der Waals surface area contributed by atoms with Crippen molar-refractivity contribution in [3.63, 3.8) is 0 Å². The van der Waals surface area contributed by atoms with Crippen molar-refractivity contribution in [2.24, 2.45) is 0 Å². The molecular formula is C21H18F8O2. The third-order valence-electron chi connectivity index (χ3n) is 6.02. The van der Waals surface area contributed by atoms with Crippen LogP contribution in [0, 0.1) is 27.7 Å². The van der Waals surface area contributed by atoms with Crippen molar-refractivity contribution >= 4 is 0 Å². The summed E-state index contributed by atoms with van der Waals surface area (Å²) in [5.74, 6) is -25.8. The van der Waals surface area contributed by atoms with E-state index in [1.165, 1.54) is 0 Å². The van der Waals surface area contributed by atoms with Gasteiger partial charge in [0, 0.05) is 0 Å². The van der Waals surface area contributed by atoms with Crippen LogP contribution >= 0.6 is 0 Å². The van der Waals surface area contributed by atoms with Crippen molar-refractivity contribution in [1.82, 2.24) is 0 Å². The minimum absolute atomic E-state index is 0.252. The second kappa shape index (κ2) is 6.26. The second-order valence-electron chi connectivity index (χ2n) is 7.95. The second-order valence-corrected chi connectivity index (χ2v) is 7.95. The van der Waals surface area contributed by atoms with Crippen molar-refractivity contribution in [1.29, 1.82) is 0 Å². The summed E-state index contributed by atoms with van der Waals surface area (Å²) in [5.41, 5.74) is -8.39. The Kier molecular flexibility index (Phi) is 4.67. The Bertz CT molecular complexity index is 990. The molecule has 1 aliphatic carbocycles. The molecule has 0 saturated heterocycles. The van der Waals surface area contributed by atoms with E-state index in [2.05, 4.69) is 0 Å². The molecule has 2 aromatic carbocycles. The lowest BCUT2D eigenvalue weighted by molar-refractivity contribution is -0.303. The molecule has 0 aliphatic heterocycles. The summed E-state index contributed by atoms with van der Waals surface area (Å²) in [5, 5.41) is 19.6. The van der Waals surface area contributed by atoms with E-state index in [0.717, 1.165) is 39.8 Å². The van der Waals surface area contributed by atoms with Gasteiger partial charge in [-0.15, -0.1) is 0 Å². The zero-order chi connectivity index (χ0) is 23.9. The summed E-state index contributed by atoms with van der Waals surface area (Å²) in [6.45, 7) is 4.20. The Hall–Kier alpha value is -2.52. The number of benzene rings is 2. The molecule has 1 saturated carbocycles. The molecule has 3 rings (SSSR count). The van der Waals surface area contributed by atoms with Crippen LogP contribution in [0.4, 0.5) is 35.1 Å². The Labute approximate surface area is 172 Å². The minimum Gasteiger partial charge on any atom is -0.508 e. The lowest BCUT2D eigenvalue weighted by Gasteiger charge is -2.41. The van der Waals surface area contributed by atoms with E-state index in [4.69, 9.17) is 0 Å². The highest BCUT2D eigenvalue weighted by Gasteiger charge is 2.99. The fraction of sp³-hybridized carbons (Fsp3) is 0.429. The van der Waals surface area contributed by atoms with Gasteiger partial charge in [-0.2, -0.15) is 35.1 Å². The topological polar surface area (TPSA) is 40.5 Å². The molecule has 0 unspecified atom stereocenters. The number of halogens is 8. The number of aromatic hydroxyl groups is 2. The van der Waals surface area contributed by atoms with Crippen LogP contribution in [-0.4, -0.2) is 33.9 Å². The SMILES string of the molecule is Cc1cc(C2(c3cc(C)c(O)cc3C)C(F)(F)C(F)(F)C(F)(F)C2(F)F)c(C)cc1O. The number of phenolic OH excluding ortho intramolecular Hbond substituents is 2. The van der Waals surface area contributed by atoms with Gasteiger partial charge in [-0.3, -0.25) is 0 Å². The lowest BCUT2D eigenvalue weighted by atomic mass is 9.65. The summed E-state index contributed by atoms with van der Waals surface area (Å²) in [4.78, 5) is 0. The molecule has 0 amide bonds. The molecular weight excluding hydrogens is 436 g/mol. The molecule has 0 spiro atoms. The zero-order valence-corrected chi connectivity index (χ0v) is 16.7. The van der Waals surface area contributed by atoms with Crippen LogP contribution in [0.1, 0.15) is 33.4 Å². The molecule has 0 radical (unpaired) electrons. The van der Waals surface area contributed by atoms with Gasteiger partial charge in [0.2, 0.25) is 0 Å². The first kappa shape index (κ1) is 23.1. The van der Waals surface area contributed by atoms with Crippen molar-refractivity contribution in [2.75, 3.05) is 0 Å². The molecule has 170 valence electrons. The number of alkyl halides is 8. The van der Waals surface area contributed by atoms with Crippen LogP contribution in [0.2, 0.25) is 0 Å². The van der Waals surface area contributed by atoms with Crippen molar-refractivity contribution in [3.8, 4) is 11.5 Å². The molecule has 1 fully saturated rings. The number of hydrogen-bond acceptors (Lipinski definition) is 2. The maximum absolute atomic E-state index is 15.4. The van der Waals surface area contributed by atoms with E-state index in [1.807, 2.05) is 0 Å². The van der Waals surface area contributed by atoms with E-state index >= 15 is 17.6 Å². The van der Waals surface area contributed by atoms with Gasteiger partial charge in [-0.1, -0.05) is 12.1 Å². The molecule has 1 aliphatic rings. The van der Waals surface area contributed by atoms with Crippen molar-refractivity contribution in [2.45, 2.75) is 56.8 Å². The minimum atomic E-state index is -6.42. The lowest BCUT2D eigenvalue weighted by Crippen LogP contribution is -2.57. The molecule has 31 heavy (non-hydrogen) atoms. The third-order valence-corrected chi connectivity index (χ3v) is 6.02. The Morgan fingerprint density at radius 2 is 0.774 bits per heavy atom. The highest BCUT2D eigenvalue weighted by Crippen LogP contribution is 2.74. The first-order chi connectivity index (χ1) is 13.9. The monoisotopic (exact) mass is 454 g/mol. The molecule has 10 heteroatoms. The molecule has 2 aromatic rings. The van der Waals surface area contributed by atoms with E-state index in [1.54, 1.807) is 0 Å². The standard InChI is InChI=1S/C21H18F8O2/c1-9-7-15(30)11(3)5-13(9)17(14-6-12(4)16(31)8-10(14)2)18(22,23)20(26,27)21(28,29)19(17,24)25/h5-8,30-31H,1-4H3. The van der Waals surface area contributed by atoms with E-state index in [-0.39, 0.29) is 11.1 Å². The Morgan fingerprint density at radius 1 is 0.484 bits per heavy atom.